The second kappa shape index (κ2) is 7.54. The lowest BCUT2D eigenvalue weighted by molar-refractivity contribution is -0.135. The summed E-state index contributed by atoms with van der Waals surface area (Å²) in [5.41, 5.74) is 0.896. The van der Waals surface area contributed by atoms with Crippen molar-refractivity contribution in [1.82, 2.24) is 14.8 Å². The van der Waals surface area contributed by atoms with Gasteiger partial charge in [0.2, 0.25) is 5.91 Å². The zero-order chi connectivity index (χ0) is 19.9. The minimum absolute atomic E-state index is 0.00391. The summed E-state index contributed by atoms with van der Waals surface area (Å²) in [5, 5.41) is 5.37. The lowest BCUT2D eigenvalue weighted by Crippen LogP contribution is -2.66. The summed E-state index contributed by atoms with van der Waals surface area (Å²) in [6.45, 7) is 6.59. The summed E-state index contributed by atoms with van der Waals surface area (Å²) < 4.78 is 3.17. The second-order valence-corrected chi connectivity index (χ2v) is 9.60. The van der Waals surface area contributed by atoms with Gasteiger partial charge in [-0.15, -0.1) is 11.3 Å². The highest BCUT2D eigenvalue weighted by molar-refractivity contribution is 7.17. The molecule has 152 valence electrons. The van der Waals surface area contributed by atoms with Crippen LogP contribution < -0.4 is 5.32 Å². The van der Waals surface area contributed by atoms with Crippen LogP contribution in [0.4, 0.5) is 0 Å². The molecule has 2 aliphatic rings. The minimum Gasteiger partial charge on any atom is -0.351 e. The Hall–Kier alpha value is -1.82. The molecule has 1 fully saturated rings. The molecule has 28 heavy (non-hydrogen) atoms. The lowest BCUT2D eigenvalue weighted by atomic mass is 9.91. The first-order chi connectivity index (χ1) is 13.5. The molecule has 3 heterocycles. The van der Waals surface area contributed by atoms with Crippen molar-refractivity contribution in [2.75, 3.05) is 0 Å². The molecule has 0 radical (unpaired) electrons. The van der Waals surface area contributed by atoms with E-state index in [1.807, 2.05) is 23.3 Å². The molecule has 0 unspecified atom stereocenters. The summed E-state index contributed by atoms with van der Waals surface area (Å²) in [6, 6.07) is 4.28. The van der Waals surface area contributed by atoms with E-state index in [0.29, 0.717) is 12.2 Å². The molecule has 1 N–H and O–H groups in total. The number of rotatable bonds is 4. The molecular formula is C22H31N3O2S. The van der Waals surface area contributed by atoms with Gasteiger partial charge in [0.25, 0.3) is 5.91 Å². The smallest absolute Gasteiger partial charge is 0.271 e. The van der Waals surface area contributed by atoms with Crippen molar-refractivity contribution in [3.8, 4) is 0 Å². The minimum atomic E-state index is -0.875. The number of carbonyl (C=O) groups excluding carboxylic acids is 2. The molecule has 0 spiro atoms. The van der Waals surface area contributed by atoms with Gasteiger partial charge in [-0.2, -0.15) is 0 Å². The summed E-state index contributed by atoms with van der Waals surface area (Å²) >= 11 is 1.65. The number of hydrogen-bond donors (Lipinski definition) is 1. The number of amides is 2. The summed E-state index contributed by atoms with van der Waals surface area (Å²) in [6.07, 6.45) is 7.77. The highest BCUT2D eigenvalue weighted by atomic mass is 32.1. The van der Waals surface area contributed by atoms with Gasteiger partial charge in [0.15, 0.2) is 0 Å². The monoisotopic (exact) mass is 401 g/mol. The zero-order valence-electron chi connectivity index (χ0n) is 17.2. The summed E-state index contributed by atoms with van der Waals surface area (Å²) in [5.74, 6) is -0.0294. The van der Waals surface area contributed by atoms with E-state index in [1.54, 1.807) is 11.3 Å². The van der Waals surface area contributed by atoms with Crippen molar-refractivity contribution in [3.63, 3.8) is 0 Å². The first-order valence-electron chi connectivity index (χ1n) is 10.7. The van der Waals surface area contributed by atoms with Crippen molar-refractivity contribution in [1.29, 1.82) is 0 Å². The summed E-state index contributed by atoms with van der Waals surface area (Å²) in [4.78, 5) is 28.9. The Kier molecular flexibility index (Phi) is 5.25. The molecule has 1 saturated carbocycles. The predicted octanol–water partition coefficient (Wildman–Crippen LogP) is 4.55. The van der Waals surface area contributed by atoms with Gasteiger partial charge in [-0.05, 0) is 50.6 Å². The van der Waals surface area contributed by atoms with Crippen LogP contribution in [-0.2, 0) is 11.3 Å². The van der Waals surface area contributed by atoms with Crippen LogP contribution in [0.1, 0.15) is 76.2 Å². The first kappa shape index (κ1) is 19.5. The Labute approximate surface area is 171 Å². The lowest BCUT2D eigenvalue weighted by Gasteiger charge is -2.47. The topological polar surface area (TPSA) is 54.3 Å². The van der Waals surface area contributed by atoms with Gasteiger partial charge in [0.05, 0.1) is 16.8 Å². The zero-order valence-corrected chi connectivity index (χ0v) is 18.0. The van der Waals surface area contributed by atoms with E-state index in [2.05, 4.69) is 29.8 Å². The van der Waals surface area contributed by atoms with Crippen molar-refractivity contribution in [2.24, 2.45) is 0 Å². The number of thiophene rings is 1. The highest BCUT2D eigenvalue weighted by Crippen LogP contribution is 2.36. The van der Waals surface area contributed by atoms with Crippen LogP contribution in [0.5, 0.6) is 0 Å². The van der Waals surface area contributed by atoms with Gasteiger partial charge in [-0.1, -0.05) is 32.6 Å². The number of fused-ring (bicyclic) bond motifs is 3. The van der Waals surface area contributed by atoms with Crippen LogP contribution in [0, 0.1) is 0 Å². The van der Waals surface area contributed by atoms with Crippen LogP contribution in [-0.4, -0.2) is 38.9 Å². The predicted molar refractivity (Wildman–Crippen MR) is 114 cm³/mol. The maximum atomic E-state index is 13.6. The SMILES string of the molecule is CC[C@@H](C)N1C(=O)c2cc3sccc3n2C[C@]1(C)C(=O)NC1CCCCCC1. The van der Waals surface area contributed by atoms with Crippen molar-refractivity contribution < 1.29 is 9.59 Å². The number of nitrogens with zero attached hydrogens (tertiary/aromatic N) is 2. The van der Waals surface area contributed by atoms with Crippen molar-refractivity contribution in [2.45, 2.75) is 89.9 Å². The molecule has 0 bridgehead atoms. The summed E-state index contributed by atoms with van der Waals surface area (Å²) in [7, 11) is 0. The van der Waals surface area contributed by atoms with E-state index in [0.717, 1.165) is 29.5 Å². The first-order valence-corrected chi connectivity index (χ1v) is 11.5. The quantitative estimate of drug-likeness (QED) is 0.764. The van der Waals surface area contributed by atoms with E-state index in [9.17, 15) is 9.59 Å². The molecule has 1 aliphatic carbocycles. The largest absolute Gasteiger partial charge is 0.351 e. The fraction of sp³-hybridized carbons (Fsp3) is 0.636. The van der Waals surface area contributed by atoms with Crippen molar-refractivity contribution >= 4 is 33.4 Å². The molecule has 0 saturated heterocycles. The van der Waals surface area contributed by atoms with Crippen LogP contribution in [0.25, 0.3) is 10.2 Å². The third-order valence-corrected chi connectivity index (χ3v) is 7.52. The standard InChI is InChI=1S/C22H31N3O2S/c1-4-15(2)25-20(26)18-13-19-17(11-12-28-19)24(18)14-22(25,3)21(27)23-16-9-7-5-6-8-10-16/h11-13,15-16H,4-10,14H2,1-3H3,(H,23,27)/t15-,22-/m1/s1. The van der Waals surface area contributed by atoms with Gasteiger partial charge in [0, 0.05) is 12.1 Å². The molecule has 2 aromatic heterocycles. The van der Waals surface area contributed by atoms with Gasteiger partial charge >= 0.3 is 0 Å². The molecular weight excluding hydrogens is 370 g/mol. The molecule has 1 aliphatic heterocycles. The third kappa shape index (κ3) is 3.15. The van der Waals surface area contributed by atoms with Gasteiger partial charge in [-0.25, -0.2) is 0 Å². The Morgan fingerprint density at radius 2 is 2.04 bits per heavy atom. The molecule has 2 amide bonds. The maximum Gasteiger partial charge on any atom is 0.271 e. The number of hydrogen-bond acceptors (Lipinski definition) is 3. The van der Waals surface area contributed by atoms with E-state index in [4.69, 9.17) is 0 Å². The fourth-order valence-corrected chi connectivity index (χ4v) is 5.69. The molecule has 0 aromatic carbocycles. The number of aromatic nitrogens is 1. The van der Waals surface area contributed by atoms with E-state index in [-0.39, 0.29) is 23.9 Å². The normalized spacial score (nSPS) is 24.8. The van der Waals surface area contributed by atoms with Crippen LogP contribution in [0.15, 0.2) is 17.5 Å². The average Bonchev–Trinajstić information content (AvgIpc) is 3.16. The molecule has 4 rings (SSSR count). The Balaban J connectivity index is 1.70. The van der Waals surface area contributed by atoms with Gasteiger partial charge < -0.3 is 14.8 Å². The number of carbonyl (C=O) groups is 2. The molecule has 6 heteroatoms. The molecule has 2 aromatic rings. The third-order valence-electron chi connectivity index (χ3n) is 6.67. The molecule has 5 nitrogen and oxygen atoms in total. The Morgan fingerprint density at radius 3 is 2.71 bits per heavy atom. The molecule has 2 atom stereocenters. The highest BCUT2D eigenvalue weighted by Gasteiger charge is 2.49. The average molecular weight is 402 g/mol. The van der Waals surface area contributed by atoms with E-state index < -0.39 is 5.54 Å². The maximum absolute atomic E-state index is 13.6. The van der Waals surface area contributed by atoms with E-state index >= 15 is 0 Å². The van der Waals surface area contributed by atoms with Crippen LogP contribution in [0.3, 0.4) is 0 Å². The van der Waals surface area contributed by atoms with Crippen molar-refractivity contribution in [3.05, 3.63) is 23.2 Å². The Morgan fingerprint density at radius 1 is 1.32 bits per heavy atom. The second-order valence-electron chi connectivity index (χ2n) is 8.65. The Bertz CT molecular complexity index is 878. The number of nitrogens with one attached hydrogen (secondary N) is 1. The fourth-order valence-electron chi connectivity index (χ4n) is 4.87. The van der Waals surface area contributed by atoms with Gasteiger partial charge in [-0.3, -0.25) is 9.59 Å². The van der Waals surface area contributed by atoms with Crippen LogP contribution >= 0.6 is 11.3 Å². The van der Waals surface area contributed by atoms with Crippen LogP contribution in [0.2, 0.25) is 0 Å². The van der Waals surface area contributed by atoms with E-state index in [1.165, 1.54) is 25.7 Å². The van der Waals surface area contributed by atoms with Gasteiger partial charge in [0.1, 0.15) is 11.2 Å².